The van der Waals surface area contributed by atoms with Crippen LogP contribution in [0.1, 0.15) is 44.1 Å². The Bertz CT molecular complexity index is 907. The maximum Gasteiger partial charge on any atom is 0.252 e. The molecule has 0 atom stereocenters. The Morgan fingerprint density at radius 1 is 1.21 bits per heavy atom. The third-order valence-electron chi connectivity index (χ3n) is 4.40. The topological polar surface area (TPSA) is 87.8 Å². The summed E-state index contributed by atoms with van der Waals surface area (Å²) in [6.45, 7) is 9.41. The van der Waals surface area contributed by atoms with Crippen LogP contribution < -0.4 is 11.1 Å². The van der Waals surface area contributed by atoms with Gasteiger partial charge in [-0.2, -0.15) is 4.31 Å². The fourth-order valence-electron chi connectivity index (χ4n) is 2.77. The third-order valence-corrected chi connectivity index (χ3v) is 8.06. The van der Waals surface area contributed by atoms with Crippen LogP contribution in [0.3, 0.4) is 0 Å². The zero-order chi connectivity index (χ0) is 20.7. The number of thiophene rings is 1. The lowest BCUT2D eigenvalue weighted by molar-refractivity contribution is 0.447. The molecule has 0 unspecified atom stereocenters. The first-order valence-corrected chi connectivity index (χ1v) is 11.8. The number of hydrogen-bond donors (Lipinski definition) is 2. The number of halogens is 1. The second kappa shape index (κ2) is 11.9. The molecule has 0 amide bonds. The molecule has 0 aliphatic rings. The monoisotopic (exact) mass is 550 g/mol. The van der Waals surface area contributed by atoms with Crippen molar-refractivity contribution in [1.29, 1.82) is 0 Å². The summed E-state index contributed by atoms with van der Waals surface area (Å²) in [5.41, 5.74) is 8.13. The molecule has 0 saturated heterocycles. The van der Waals surface area contributed by atoms with E-state index in [-0.39, 0.29) is 24.0 Å². The van der Waals surface area contributed by atoms with Crippen molar-refractivity contribution in [2.45, 2.75) is 44.2 Å². The molecule has 0 fully saturated rings. The highest BCUT2D eigenvalue weighted by Gasteiger charge is 2.23. The van der Waals surface area contributed by atoms with Gasteiger partial charge < -0.3 is 11.1 Å². The number of benzene rings is 1. The van der Waals surface area contributed by atoms with Crippen molar-refractivity contribution < 1.29 is 8.42 Å². The molecule has 29 heavy (non-hydrogen) atoms. The van der Waals surface area contributed by atoms with E-state index < -0.39 is 10.0 Å². The molecule has 1 heterocycles. The fraction of sp³-hybridized carbons (Fsp3) is 0.450. The van der Waals surface area contributed by atoms with Crippen molar-refractivity contribution in [2.24, 2.45) is 10.7 Å². The lowest BCUT2D eigenvalue weighted by Crippen LogP contribution is -2.29. The van der Waals surface area contributed by atoms with Gasteiger partial charge in [-0.15, -0.1) is 35.3 Å². The predicted octanol–water partition coefficient (Wildman–Crippen LogP) is 4.49. The predicted molar refractivity (Wildman–Crippen MR) is 134 cm³/mol. The number of sulfonamides is 1. The van der Waals surface area contributed by atoms with Gasteiger partial charge in [0.2, 0.25) is 0 Å². The van der Waals surface area contributed by atoms with Crippen LogP contribution in [0.25, 0.3) is 0 Å². The van der Waals surface area contributed by atoms with Crippen LogP contribution in [-0.2, 0) is 16.4 Å². The summed E-state index contributed by atoms with van der Waals surface area (Å²) in [5, 5.41) is 3.11. The summed E-state index contributed by atoms with van der Waals surface area (Å²) in [6, 6.07) is 11.6. The molecule has 0 bridgehead atoms. The SMILES string of the molecule is CCN(CC)S(=O)(=O)c1ccc(CCN=C(N)Nc2cccc(C(C)C)c2)s1.I. The Balaban J connectivity index is 0.00000420. The van der Waals surface area contributed by atoms with Crippen LogP contribution in [0, 0.1) is 0 Å². The van der Waals surface area contributed by atoms with Gasteiger partial charge in [0, 0.05) is 36.6 Å². The Morgan fingerprint density at radius 3 is 2.52 bits per heavy atom. The van der Waals surface area contributed by atoms with Crippen LogP contribution in [0.5, 0.6) is 0 Å². The zero-order valence-corrected chi connectivity index (χ0v) is 21.3. The average Bonchev–Trinajstić information content (AvgIpc) is 3.12. The number of guanidine groups is 1. The van der Waals surface area contributed by atoms with E-state index >= 15 is 0 Å². The number of hydrogen-bond acceptors (Lipinski definition) is 4. The highest BCUT2D eigenvalue weighted by Crippen LogP contribution is 2.25. The highest BCUT2D eigenvalue weighted by atomic mass is 127. The van der Waals surface area contributed by atoms with Crippen molar-refractivity contribution in [3.63, 3.8) is 0 Å². The number of anilines is 1. The van der Waals surface area contributed by atoms with E-state index in [1.165, 1.54) is 21.2 Å². The molecule has 1 aromatic carbocycles. The van der Waals surface area contributed by atoms with E-state index in [0.29, 0.717) is 42.1 Å². The lowest BCUT2D eigenvalue weighted by Gasteiger charge is -2.16. The quantitative estimate of drug-likeness (QED) is 0.274. The number of nitrogens with one attached hydrogen (secondary N) is 1. The van der Waals surface area contributed by atoms with Crippen LogP contribution in [-0.4, -0.2) is 38.3 Å². The van der Waals surface area contributed by atoms with Crippen molar-refractivity contribution >= 4 is 57.0 Å². The fourth-order valence-corrected chi connectivity index (χ4v) is 5.73. The molecule has 0 aliphatic carbocycles. The average molecular weight is 551 g/mol. The zero-order valence-electron chi connectivity index (χ0n) is 17.4. The third kappa shape index (κ3) is 7.23. The van der Waals surface area contributed by atoms with Gasteiger partial charge in [0.1, 0.15) is 4.21 Å². The summed E-state index contributed by atoms with van der Waals surface area (Å²) in [4.78, 5) is 5.33. The van der Waals surface area contributed by atoms with E-state index in [1.54, 1.807) is 6.07 Å². The lowest BCUT2D eigenvalue weighted by atomic mass is 10.0. The summed E-state index contributed by atoms with van der Waals surface area (Å²) < 4.78 is 26.9. The molecule has 1 aromatic heterocycles. The Kier molecular flexibility index (Phi) is 10.6. The maximum absolute atomic E-state index is 12.5. The first-order chi connectivity index (χ1) is 13.3. The van der Waals surface area contributed by atoms with Gasteiger partial charge in [0.15, 0.2) is 5.96 Å². The highest BCUT2D eigenvalue weighted by molar-refractivity contribution is 14.0. The molecule has 0 saturated carbocycles. The number of nitrogens with zero attached hydrogens (tertiary/aromatic N) is 2. The molecule has 162 valence electrons. The van der Waals surface area contributed by atoms with Gasteiger partial charge >= 0.3 is 0 Å². The van der Waals surface area contributed by atoms with Gasteiger partial charge in [-0.3, -0.25) is 4.99 Å². The molecule has 0 radical (unpaired) electrons. The summed E-state index contributed by atoms with van der Waals surface area (Å²) in [7, 11) is -3.39. The Labute approximate surface area is 195 Å². The van der Waals surface area contributed by atoms with Crippen LogP contribution >= 0.6 is 35.3 Å². The summed E-state index contributed by atoms with van der Waals surface area (Å²) in [6.07, 6.45) is 0.646. The van der Waals surface area contributed by atoms with Gasteiger partial charge in [0.25, 0.3) is 10.0 Å². The van der Waals surface area contributed by atoms with Crippen LogP contribution in [0.2, 0.25) is 0 Å². The second-order valence-corrected chi connectivity index (χ2v) is 10.1. The van der Waals surface area contributed by atoms with Crippen molar-refractivity contribution in [3.8, 4) is 0 Å². The second-order valence-electron chi connectivity index (χ2n) is 6.73. The smallest absolute Gasteiger partial charge is 0.252 e. The standard InChI is InChI=1S/C20H30N4O2S2.HI/c1-5-24(6-2)28(25,26)19-11-10-18(27-19)12-13-22-20(21)23-17-9-7-8-16(14-17)15(3)4;/h7-11,14-15H,5-6,12-13H2,1-4H3,(H3,21,22,23);1H. The van der Waals surface area contributed by atoms with E-state index in [2.05, 4.69) is 36.3 Å². The molecule has 0 spiro atoms. The Hall–Kier alpha value is -1.17. The molecule has 9 heteroatoms. The minimum absolute atomic E-state index is 0. The largest absolute Gasteiger partial charge is 0.370 e. The van der Waals surface area contributed by atoms with Gasteiger partial charge in [-0.1, -0.05) is 39.8 Å². The number of nitrogens with two attached hydrogens (primary N) is 1. The van der Waals surface area contributed by atoms with Crippen LogP contribution in [0.15, 0.2) is 45.6 Å². The molecule has 6 nitrogen and oxygen atoms in total. The van der Waals surface area contributed by atoms with E-state index in [1.807, 2.05) is 32.0 Å². The molecular weight excluding hydrogens is 519 g/mol. The molecule has 0 aliphatic heterocycles. The van der Waals surface area contributed by atoms with Crippen molar-refractivity contribution in [3.05, 3.63) is 46.8 Å². The minimum Gasteiger partial charge on any atom is -0.370 e. The maximum atomic E-state index is 12.5. The number of aliphatic imine (C=N–C) groups is 1. The molecule has 2 aromatic rings. The van der Waals surface area contributed by atoms with E-state index in [4.69, 9.17) is 5.73 Å². The van der Waals surface area contributed by atoms with E-state index in [0.717, 1.165) is 10.6 Å². The molecule has 2 rings (SSSR count). The van der Waals surface area contributed by atoms with Gasteiger partial charge in [0.05, 0.1) is 0 Å². The van der Waals surface area contributed by atoms with E-state index in [9.17, 15) is 8.42 Å². The normalized spacial score (nSPS) is 12.3. The summed E-state index contributed by atoms with van der Waals surface area (Å²) >= 11 is 1.30. The van der Waals surface area contributed by atoms with Gasteiger partial charge in [-0.05, 0) is 35.7 Å². The molecular formula is C20H31IN4O2S2. The minimum atomic E-state index is -3.39. The first-order valence-electron chi connectivity index (χ1n) is 9.53. The summed E-state index contributed by atoms with van der Waals surface area (Å²) in [5.74, 6) is 0.800. The van der Waals surface area contributed by atoms with Crippen molar-refractivity contribution in [1.82, 2.24) is 4.31 Å². The molecule has 3 N–H and O–H groups in total. The number of rotatable bonds is 9. The van der Waals surface area contributed by atoms with Gasteiger partial charge in [-0.25, -0.2) is 8.42 Å². The van der Waals surface area contributed by atoms with Crippen molar-refractivity contribution in [2.75, 3.05) is 25.0 Å². The van der Waals surface area contributed by atoms with Crippen LogP contribution in [0.4, 0.5) is 5.69 Å². The first kappa shape index (κ1) is 25.9. The Morgan fingerprint density at radius 2 is 1.90 bits per heavy atom.